The Kier molecular flexibility index (Phi) is 7.80. The lowest BCUT2D eigenvalue weighted by Gasteiger charge is -2.20. The van der Waals surface area contributed by atoms with Crippen LogP contribution in [0.5, 0.6) is 0 Å². The first-order valence-corrected chi connectivity index (χ1v) is 9.92. The minimum absolute atomic E-state index is 0.0472. The average Bonchev–Trinajstić information content (AvgIpc) is 2.66. The van der Waals surface area contributed by atoms with Crippen molar-refractivity contribution in [3.8, 4) is 0 Å². The largest absolute Gasteiger partial charge is 0.456 e. The molecule has 0 spiro atoms. The standard InChI is InChI=1S/C24H31NO3/c1-16(2)20-12-9-13-21(17(3)4)24(20)25-22(26)15-28-23(27)14-18(5)19-10-7-6-8-11-19/h6-13,16-18H,14-15H2,1-5H3,(H,25,26)/t18-/m1/s1. The Balaban J connectivity index is 1.96. The lowest BCUT2D eigenvalue weighted by Crippen LogP contribution is -2.23. The van der Waals surface area contributed by atoms with Gasteiger partial charge in [0.05, 0.1) is 6.42 Å². The molecule has 0 fully saturated rings. The van der Waals surface area contributed by atoms with E-state index in [4.69, 9.17) is 4.74 Å². The number of hydrogen-bond donors (Lipinski definition) is 1. The molecular weight excluding hydrogens is 350 g/mol. The molecule has 2 aromatic rings. The third-order valence-corrected chi connectivity index (χ3v) is 4.84. The molecule has 4 nitrogen and oxygen atoms in total. The van der Waals surface area contributed by atoms with Crippen molar-refractivity contribution in [2.45, 2.75) is 58.8 Å². The van der Waals surface area contributed by atoms with Crippen LogP contribution in [-0.4, -0.2) is 18.5 Å². The van der Waals surface area contributed by atoms with Gasteiger partial charge in [-0.1, -0.05) is 83.1 Å². The van der Waals surface area contributed by atoms with E-state index in [0.29, 0.717) is 0 Å². The summed E-state index contributed by atoms with van der Waals surface area (Å²) in [4.78, 5) is 24.6. The zero-order chi connectivity index (χ0) is 20.7. The number of anilines is 1. The molecular formula is C24H31NO3. The molecule has 0 saturated carbocycles. The number of benzene rings is 2. The smallest absolute Gasteiger partial charge is 0.306 e. The van der Waals surface area contributed by atoms with Crippen LogP contribution in [0.4, 0.5) is 5.69 Å². The zero-order valence-corrected chi connectivity index (χ0v) is 17.5. The van der Waals surface area contributed by atoms with Crippen LogP contribution in [0.3, 0.4) is 0 Å². The number of esters is 1. The first-order valence-electron chi connectivity index (χ1n) is 9.92. The van der Waals surface area contributed by atoms with Crippen LogP contribution in [0, 0.1) is 0 Å². The SMILES string of the molecule is CC(C)c1cccc(C(C)C)c1NC(=O)COC(=O)C[C@@H](C)c1ccccc1. The molecule has 28 heavy (non-hydrogen) atoms. The molecule has 0 aliphatic carbocycles. The van der Waals surface area contributed by atoms with E-state index in [1.165, 1.54) is 0 Å². The van der Waals surface area contributed by atoms with Gasteiger partial charge in [0.15, 0.2) is 6.61 Å². The maximum Gasteiger partial charge on any atom is 0.306 e. The maximum atomic E-state index is 12.4. The average molecular weight is 382 g/mol. The van der Waals surface area contributed by atoms with Gasteiger partial charge in [0.2, 0.25) is 0 Å². The Bertz CT molecular complexity index is 771. The number of amides is 1. The van der Waals surface area contributed by atoms with Crippen molar-refractivity contribution >= 4 is 17.6 Å². The predicted octanol–water partition coefficient (Wildman–Crippen LogP) is 5.61. The van der Waals surface area contributed by atoms with E-state index in [1.807, 2.05) is 55.5 Å². The monoisotopic (exact) mass is 381 g/mol. The van der Waals surface area contributed by atoms with Crippen LogP contribution in [-0.2, 0) is 14.3 Å². The molecule has 0 bridgehead atoms. The van der Waals surface area contributed by atoms with Crippen molar-refractivity contribution in [2.24, 2.45) is 0 Å². The molecule has 1 amide bonds. The van der Waals surface area contributed by atoms with Crippen molar-refractivity contribution in [1.29, 1.82) is 0 Å². The quantitative estimate of drug-likeness (QED) is 0.605. The number of rotatable bonds is 8. The van der Waals surface area contributed by atoms with Gasteiger partial charge in [0, 0.05) is 5.69 Å². The first-order chi connectivity index (χ1) is 13.3. The van der Waals surface area contributed by atoms with Crippen molar-refractivity contribution < 1.29 is 14.3 Å². The fourth-order valence-corrected chi connectivity index (χ4v) is 3.23. The molecule has 0 aliphatic heterocycles. The fourth-order valence-electron chi connectivity index (χ4n) is 3.23. The lowest BCUT2D eigenvalue weighted by molar-refractivity contribution is -0.147. The second-order valence-corrected chi connectivity index (χ2v) is 7.85. The molecule has 2 rings (SSSR count). The van der Waals surface area contributed by atoms with Gasteiger partial charge in [-0.25, -0.2) is 0 Å². The zero-order valence-electron chi connectivity index (χ0n) is 17.5. The summed E-state index contributed by atoms with van der Waals surface area (Å²) in [7, 11) is 0. The summed E-state index contributed by atoms with van der Waals surface area (Å²) in [5.41, 5.74) is 4.09. The van der Waals surface area contributed by atoms with Crippen molar-refractivity contribution in [3.05, 3.63) is 65.2 Å². The summed E-state index contributed by atoms with van der Waals surface area (Å²) in [6, 6.07) is 15.9. The van der Waals surface area contributed by atoms with Crippen LogP contribution in [0.15, 0.2) is 48.5 Å². The van der Waals surface area contributed by atoms with E-state index in [0.717, 1.165) is 22.4 Å². The number of nitrogens with one attached hydrogen (secondary N) is 1. The van der Waals surface area contributed by atoms with Gasteiger partial charge in [-0.05, 0) is 34.4 Å². The number of hydrogen-bond acceptors (Lipinski definition) is 3. The topological polar surface area (TPSA) is 55.4 Å². The van der Waals surface area contributed by atoms with Gasteiger partial charge in [0.1, 0.15) is 0 Å². The van der Waals surface area contributed by atoms with E-state index in [1.54, 1.807) is 0 Å². The minimum Gasteiger partial charge on any atom is -0.456 e. The minimum atomic E-state index is -0.368. The second-order valence-electron chi connectivity index (χ2n) is 7.85. The predicted molar refractivity (Wildman–Crippen MR) is 114 cm³/mol. The van der Waals surface area contributed by atoms with Gasteiger partial charge in [0.25, 0.3) is 5.91 Å². The lowest BCUT2D eigenvalue weighted by atomic mass is 9.92. The molecule has 0 aromatic heterocycles. The van der Waals surface area contributed by atoms with Gasteiger partial charge in [-0.3, -0.25) is 9.59 Å². The normalized spacial score (nSPS) is 12.1. The van der Waals surface area contributed by atoms with Gasteiger partial charge in [-0.2, -0.15) is 0 Å². The van der Waals surface area contributed by atoms with Gasteiger partial charge < -0.3 is 10.1 Å². The van der Waals surface area contributed by atoms with Crippen LogP contribution in [0.25, 0.3) is 0 Å². The van der Waals surface area contributed by atoms with E-state index in [-0.39, 0.29) is 42.7 Å². The summed E-state index contributed by atoms with van der Waals surface area (Å²) >= 11 is 0. The van der Waals surface area contributed by atoms with E-state index in [2.05, 4.69) is 33.0 Å². The van der Waals surface area contributed by atoms with Crippen molar-refractivity contribution in [2.75, 3.05) is 11.9 Å². The third kappa shape index (κ3) is 5.95. The second kappa shape index (κ2) is 10.1. The molecule has 1 atom stereocenters. The van der Waals surface area contributed by atoms with E-state index in [9.17, 15) is 9.59 Å². The summed E-state index contributed by atoms with van der Waals surface area (Å²) in [6.45, 7) is 10.1. The molecule has 2 aromatic carbocycles. The Morgan fingerprint density at radius 2 is 1.43 bits per heavy atom. The Hall–Kier alpha value is -2.62. The molecule has 150 valence electrons. The summed E-state index contributed by atoms with van der Waals surface area (Å²) in [5.74, 6) is -0.0686. The molecule has 0 heterocycles. The Morgan fingerprint density at radius 1 is 0.857 bits per heavy atom. The number of para-hydroxylation sites is 1. The summed E-state index contributed by atoms with van der Waals surface area (Å²) in [6.07, 6.45) is 0.247. The highest BCUT2D eigenvalue weighted by Gasteiger charge is 2.18. The maximum absolute atomic E-state index is 12.4. The number of carbonyl (C=O) groups excluding carboxylic acids is 2. The Labute approximate surface area is 168 Å². The van der Waals surface area contributed by atoms with Crippen LogP contribution < -0.4 is 5.32 Å². The highest BCUT2D eigenvalue weighted by Crippen LogP contribution is 2.32. The first kappa shape index (κ1) is 21.7. The van der Waals surface area contributed by atoms with E-state index < -0.39 is 0 Å². The summed E-state index contributed by atoms with van der Waals surface area (Å²) in [5, 5.41) is 2.97. The number of carbonyl (C=O) groups is 2. The van der Waals surface area contributed by atoms with Crippen LogP contribution in [0.1, 0.15) is 75.5 Å². The molecule has 0 aliphatic rings. The molecule has 1 N–H and O–H groups in total. The van der Waals surface area contributed by atoms with Gasteiger partial charge in [-0.15, -0.1) is 0 Å². The molecule has 0 unspecified atom stereocenters. The highest BCUT2D eigenvalue weighted by atomic mass is 16.5. The molecule has 0 saturated heterocycles. The molecule has 4 heteroatoms. The Morgan fingerprint density at radius 3 is 1.96 bits per heavy atom. The van der Waals surface area contributed by atoms with Crippen molar-refractivity contribution in [3.63, 3.8) is 0 Å². The highest BCUT2D eigenvalue weighted by molar-refractivity contribution is 5.94. The van der Waals surface area contributed by atoms with Crippen molar-refractivity contribution in [1.82, 2.24) is 0 Å². The van der Waals surface area contributed by atoms with Crippen LogP contribution in [0.2, 0.25) is 0 Å². The molecule has 0 radical (unpaired) electrons. The van der Waals surface area contributed by atoms with E-state index >= 15 is 0 Å². The summed E-state index contributed by atoms with van der Waals surface area (Å²) < 4.78 is 5.22. The fraction of sp³-hybridized carbons (Fsp3) is 0.417. The van der Waals surface area contributed by atoms with Gasteiger partial charge >= 0.3 is 5.97 Å². The van der Waals surface area contributed by atoms with Crippen LogP contribution >= 0.6 is 0 Å². The number of ether oxygens (including phenoxy) is 1. The third-order valence-electron chi connectivity index (χ3n) is 4.84.